The van der Waals surface area contributed by atoms with Crippen molar-refractivity contribution in [2.75, 3.05) is 73.5 Å². The molecule has 8 nitrogen and oxygen atoms in total. The summed E-state index contributed by atoms with van der Waals surface area (Å²) in [5, 5.41) is 40.6. The number of nitrogens with two attached hydrogens (primary N) is 1. The van der Waals surface area contributed by atoms with Gasteiger partial charge in [0.05, 0.1) is 37.8 Å². The second-order valence-corrected chi connectivity index (χ2v) is 6.62. The van der Waals surface area contributed by atoms with Crippen LogP contribution in [0.3, 0.4) is 0 Å². The van der Waals surface area contributed by atoms with Gasteiger partial charge >= 0.3 is 0 Å². The Bertz CT molecular complexity index is 732. The van der Waals surface area contributed by atoms with E-state index in [1.165, 1.54) is 0 Å². The number of nitrogens with one attached hydrogen (secondary N) is 1. The van der Waals surface area contributed by atoms with Crippen LogP contribution in [-0.4, -0.2) is 73.0 Å². The van der Waals surface area contributed by atoms with Crippen molar-refractivity contribution < 1.29 is 20.4 Å². The summed E-state index contributed by atoms with van der Waals surface area (Å²) >= 11 is 0. The van der Waals surface area contributed by atoms with Crippen LogP contribution in [0.15, 0.2) is 42.5 Å². The lowest BCUT2D eigenvalue weighted by atomic mass is 10.1. The van der Waals surface area contributed by atoms with Crippen molar-refractivity contribution in [3.8, 4) is 0 Å². The number of aliphatic hydroxyl groups is 4. The van der Waals surface area contributed by atoms with Crippen molar-refractivity contribution in [3.63, 3.8) is 0 Å². The first-order valence-electron chi connectivity index (χ1n) is 9.79. The largest absolute Gasteiger partial charge is 0.398 e. The zero-order valence-electron chi connectivity index (χ0n) is 16.7. The number of rotatable bonds is 13. The molecule has 0 aliphatic carbocycles. The van der Waals surface area contributed by atoms with Gasteiger partial charge in [-0.05, 0) is 35.9 Å². The Morgan fingerprint density at radius 1 is 0.759 bits per heavy atom. The Labute approximate surface area is 171 Å². The molecule has 0 unspecified atom stereocenters. The van der Waals surface area contributed by atoms with E-state index in [0.29, 0.717) is 38.4 Å². The maximum Gasteiger partial charge on any atom is 0.0606 e. The molecule has 0 spiro atoms. The first kappa shape index (κ1) is 22.8. The molecule has 2 aromatic carbocycles. The third-order valence-corrected chi connectivity index (χ3v) is 4.69. The number of hydrogen-bond donors (Lipinski definition) is 6. The van der Waals surface area contributed by atoms with Crippen LogP contribution < -0.4 is 20.9 Å². The van der Waals surface area contributed by atoms with Crippen LogP contribution in [0.25, 0.3) is 0 Å². The molecule has 0 aromatic heterocycles. The molecule has 0 heterocycles. The number of nitrogens with zero attached hydrogens (tertiary/aromatic N) is 2. The van der Waals surface area contributed by atoms with Gasteiger partial charge in [-0.3, -0.25) is 0 Å². The zero-order chi connectivity index (χ0) is 21.1. The van der Waals surface area contributed by atoms with Gasteiger partial charge in [0, 0.05) is 44.1 Å². The van der Waals surface area contributed by atoms with Gasteiger partial charge in [0.1, 0.15) is 0 Å². The Morgan fingerprint density at radius 3 is 1.97 bits per heavy atom. The fraction of sp³-hybridized carbons (Fsp3) is 0.429. The molecule has 2 rings (SSSR count). The van der Waals surface area contributed by atoms with Crippen molar-refractivity contribution in [1.29, 1.82) is 0 Å². The van der Waals surface area contributed by atoms with Crippen LogP contribution in [-0.2, 0) is 6.54 Å². The number of aliphatic hydroxyl groups excluding tert-OH is 4. The molecule has 0 saturated carbocycles. The summed E-state index contributed by atoms with van der Waals surface area (Å²) in [7, 11) is 0. The summed E-state index contributed by atoms with van der Waals surface area (Å²) in [5.41, 5.74) is 10.4. The molecule has 0 aliphatic rings. The van der Waals surface area contributed by atoms with Gasteiger partial charge in [0.25, 0.3) is 0 Å². The Hall–Kier alpha value is -2.52. The van der Waals surface area contributed by atoms with Crippen molar-refractivity contribution in [3.05, 3.63) is 48.0 Å². The summed E-state index contributed by atoms with van der Waals surface area (Å²) in [6, 6.07) is 13.4. The second-order valence-electron chi connectivity index (χ2n) is 6.62. The average Bonchev–Trinajstić information content (AvgIpc) is 2.73. The topological polar surface area (TPSA) is 125 Å². The molecule has 0 aliphatic heterocycles. The van der Waals surface area contributed by atoms with Crippen LogP contribution in [0.5, 0.6) is 0 Å². The highest BCUT2D eigenvalue weighted by molar-refractivity contribution is 5.70. The van der Waals surface area contributed by atoms with Gasteiger partial charge in [-0.2, -0.15) is 0 Å². The molecule has 160 valence electrons. The van der Waals surface area contributed by atoms with Crippen molar-refractivity contribution in [2.45, 2.75) is 6.54 Å². The van der Waals surface area contributed by atoms with Gasteiger partial charge in [-0.1, -0.05) is 12.1 Å². The predicted molar refractivity (Wildman–Crippen MR) is 117 cm³/mol. The molecule has 2 aromatic rings. The third kappa shape index (κ3) is 6.50. The normalized spacial score (nSPS) is 10.8. The molecule has 0 radical (unpaired) electrons. The highest BCUT2D eigenvalue weighted by Crippen LogP contribution is 2.27. The molecule has 29 heavy (non-hydrogen) atoms. The summed E-state index contributed by atoms with van der Waals surface area (Å²) in [5.74, 6) is 0. The molecular weight excluding hydrogens is 372 g/mol. The number of hydrogen-bond acceptors (Lipinski definition) is 8. The highest BCUT2D eigenvalue weighted by atomic mass is 16.3. The van der Waals surface area contributed by atoms with Crippen LogP contribution in [0, 0.1) is 0 Å². The lowest BCUT2D eigenvalue weighted by Crippen LogP contribution is -2.30. The molecule has 0 saturated heterocycles. The Morgan fingerprint density at radius 2 is 1.34 bits per heavy atom. The molecule has 8 heteroatoms. The summed E-state index contributed by atoms with van der Waals surface area (Å²) in [4.78, 5) is 3.83. The van der Waals surface area contributed by atoms with Crippen LogP contribution in [0.1, 0.15) is 5.56 Å². The number of para-hydroxylation sites is 2. The number of nitrogen functional groups attached to an aromatic ring is 1. The van der Waals surface area contributed by atoms with E-state index in [2.05, 4.69) is 5.32 Å². The van der Waals surface area contributed by atoms with Crippen molar-refractivity contribution in [1.82, 2.24) is 0 Å². The fourth-order valence-electron chi connectivity index (χ4n) is 3.24. The number of benzene rings is 2. The lowest BCUT2D eigenvalue weighted by Gasteiger charge is -2.26. The minimum absolute atomic E-state index is 0.00309. The second kappa shape index (κ2) is 12.1. The van der Waals surface area contributed by atoms with E-state index in [0.717, 1.165) is 22.6 Å². The number of anilines is 4. The zero-order valence-corrected chi connectivity index (χ0v) is 16.7. The van der Waals surface area contributed by atoms with E-state index in [1.54, 1.807) is 0 Å². The van der Waals surface area contributed by atoms with Gasteiger partial charge in [0.15, 0.2) is 0 Å². The standard InChI is InChI=1S/C21H32N4O4/c22-19-6-5-18(24(7-11-26)8-12-27)15-17(19)16-23-20-3-1-2-4-21(20)25(9-13-28)10-14-29/h1-6,15,23,26-29H,7-14,16,22H2. The minimum Gasteiger partial charge on any atom is -0.398 e. The smallest absolute Gasteiger partial charge is 0.0606 e. The Kier molecular flexibility index (Phi) is 9.52. The molecule has 0 amide bonds. The highest BCUT2D eigenvalue weighted by Gasteiger charge is 2.12. The lowest BCUT2D eigenvalue weighted by molar-refractivity contribution is 0.280. The fourth-order valence-corrected chi connectivity index (χ4v) is 3.24. The van der Waals surface area contributed by atoms with Crippen LogP contribution in [0.4, 0.5) is 22.7 Å². The first-order valence-corrected chi connectivity index (χ1v) is 9.79. The van der Waals surface area contributed by atoms with Gasteiger partial charge < -0.3 is 41.3 Å². The van der Waals surface area contributed by atoms with Gasteiger partial charge in [0.2, 0.25) is 0 Å². The molecule has 0 atom stereocenters. The van der Waals surface area contributed by atoms with Gasteiger partial charge in [-0.15, -0.1) is 0 Å². The quantitative estimate of drug-likeness (QED) is 0.266. The SMILES string of the molecule is Nc1ccc(N(CCO)CCO)cc1CNc1ccccc1N(CCO)CCO. The van der Waals surface area contributed by atoms with E-state index in [1.807, 2.05) is 52.3 Å². The van der Waals surface area contributed by atoms with Gasteiger partial charge in [-0.25, -0.2) is 0 Å². The van der Waals surface area contributed by atoms with E-state index in [4.69, 9.17) is 5.73 Å². The summed E-state index contributed by atoms with van der Waals surface area (Å²) in [6.45, 7) is 2.17. The average molecular weight is 405 g/mol. The minimum atomic E-state index is -0.00508. The van der Waals surface area contributed by atoms with Crippen LogP contribution in [0.2, 0.25) is 0 Å². The predicted octanol–water partition coefficient (Wildman–Crippen LogP) is 0.463. The maximum atomic E-state index is 9.33. The van der Waals surface area contributed by atoms with E-state index >= 15 is 0 Å². The molecule has 7 N–H and O–H groups in total. The summed E-state index contributed by atoms with van der Waals surface area (Å²) in [6.07, 6.45) is 0. The maximum absolute atomic E-state index is 9.33. The first-order chi connectivity index (χ1) is 14.1. The van der Waals surface area contributed by atoms with Crippen molar-refractivity contribution >= 4 is 22.7 Å². The van der Waals surface area contributed by atoms with Crippen molar-refractivity contribution in [2.24, 2.45) is 0 Å². The third-order valence-electron chi connectivity index (χ3n) is 4.69. The monoisotopic (exact) mass is 404 g/mol. The molecular formula is C21H32N4O4. The van der Waals surface area contributed by atoms with E-state index in [9.17, 15) is 20.4 Å². The van der Waals surface area contributed by atoms with E-state index < -0.39 is 0 Å². The summed E-state index contributed by atoms with van der Waals surface area (Å²) < 4.78 is 0. The molecule has 0 bridgehead atoms. The Balaban J connectivity index is 2.20. The van der Waals surface area contributed by atoms with E-state index in [-0.39, 0.29) is 26.4 Å². The molecule has 0 fully saturated rings. The van der Waals surface area contributed by atoms with Crippen LogP contribution >= 0.6 is 0 Å².